The lowest BCUT2D eigenvalue weighted by Crippen LogP contribution is -2.34. The normalized spacial score (nSPS) is 19.2. The SMILES string of the molecule is CNC(c1cccc(C2CCC2)c1)C(OC)C(C)C. The van der Waals surface area contributed by atoms with Gasteiger partial charge in [-0.1, -0.05) is 44.5 Å². The van der Waals surface area contributed by atoms with Gasteiger partial charge >= 0.3 is 0 Å². The quantitative estimate of drug-likeness (QED) is 0.839. The first-order valence-electron chi connectivity index (χ1n) is 7.47. The Morgan fingerprint density at radius 3 is 2.47 bits per heavy atom. The maximum Gasteiger partial charge on any atom is 0.0788 e. The van der Waals surface area contributed by atoms with Crippen molar-refractivity contribution in [3.63, 3.8) is 0 Å². The van der Waals surface area contributed by atoms with E-state index in [4.69, 9.17) is 4.74 Å². The second kappa shape index (κ2) is 6.53. The molecule has 0 bridgehead atoms. The molecule has 19 heavy (non-hydrogen) atoms. The average molecular weight is 261 g/mol. The third-order valence-electron chi connectivity index (χ3n) is 4.42. The molecule has 1 aromatic carbocycles. The van der Waals surface area contributed by atoms with E-state index in [0.29, 0.717) is 5.92 Å². The second-order valence-electron chi connectivity index (χ2n) is 6.01. The molecule has 1 aliphatic rings. The Kier molecular flexibility index (Phi) is 5.00. The van der Waals surface area contributed by atoms with E-state index in [1.807, 2.05) is 14.2 Å². The lowest BCUT2D eigenvalue weighted by Gasteiger charge is -2.31. The Labute approximate surface area is 117 Å². The Bertz CT molecular complexity index is 398. The Hall–Kier alpha value is -0.860. The van der Waals surface area contributed by atoms with Gasteiger partial charge < -0.3 is 10.1 Å². The first-order valence-corrected chi connectivity index (χ1v) is 7.47. The molecule has 2 nitrogen and oxygen atoms in total. The fourth-order valence-electron chi connectivity index (χ4n) is 3.06. The van der Waals surface area contributed by atoms with Gasteiger partial charge in [0.1, 0.15) is 0 Å². The van der Waals surface area contributed by atoms with E-state index in [1.165, 1.54) is 30.4 Å². The van der Waals surface area contributed by atoms with Gasteiger partial charge in [-0.3, -0.25) is 0 Å². The van der Waals surface area contributed by atoms with Crippen LogP contribution in [0.25, 0.3) is 0 Å². The second-order valence-corrected chi connectivity index (χ2v) is 6.01. The van der Waals surface area contributed by atoms with Gasteiger partial charge in [0.15, 0.2) is 0 Å². The first-order chi connectivity index (χ1) is 9.17. The minimum absolute atomic E-state index is 0.210. The Morgan fingerprint density at radius 1 is 1.26 bits per heavy atom. The van der Waals surface area contributed by atoms with Crippen molar-refractivity contribution in [2.45, 2.75) is 51.2 Å². The maximum absolute atomic E-state index is 5.70. The molecular formula is C17H27NO. The monoisotopic (exact) mass is 261 g/mol. The van der Waals surface area contributed by atoms with Crippen LogP contribution in [-0.4, -0.2) is 20.3 Å². The molecule has 2 heteroatoms. The van der Waals surface area contributed by atoms with Crippen LogP contribution in [0.2, 0.25) is 0 Å². The summed E-state index contributed by atoms with van der Waals surface area (Å²) in [5, 5.41) is 3.43. The molecule has 1 N–H and O–H groups in total. The van der Waals surface area contributed by atoms with Gasteiger partial charge in [0.25, 0.3) is 0 Å². The molecule has 1 fully saturated rings. The summed E-state index contributed by atoms with van der Waals surface area (Å²) in [6, 6.07) is 9.33. The summed E-state index contributed by atoms with van der Waals surface area (Å²) in [5.41, 5.74) is 2.86. The van der Waals surface area contributed by atoms with Gasteiger partial charge in [0, 0.05) is 7.11 Å². The van der Waals surface area contributed by atoms with Crippen LogP contribution in [0.15, 0.2) is 24.3 Å². The fourth-order valence-corrected chi connectivity index (χ4v) is 3.06. The predicted molar refractivity (Wildman–Crippen MR) is 80.5 cm³/mol. The Balaban J connectivity index is 2.21. The minimum atomic E-state index is 0.210. The molecule has 1 saturated carbocycles. The molecule has 0 amide bonds. The van der Waals surface area contributed by atoms with Crippen molar-refractivity contribution < 1.29 is 4.74 Å². The van der Waals surface area contributed by atoms with Crippen LogP contribution in [0.5, 0.6) is 0 Å². The molecule has 2 atom stereocenters. The molecule has 1 aromatic rings. The summed E-state index contributed by atoms with van der Waals surface area (Å²) < 4.78 is 5.70. The van der Waals surface area contributed by atoms with Crippen molar-refractivity contribution in [2.24, 2.45) is 5.92 Å². The van der Waals surface area contributed by atoms with Gasteiger partial charge in [-0.2, -0.15) is 0 Å². The highest BCUT2D eigenvalue weighted by atomic mass is 16.5. The molecule has 0 saturated heterocycles. The van der Waals surface area contributed by atoms with Crippen LogP contribution in [0.3, 0.4) is 0 Å². The molecule has 0 aliphatic heterocycles. The standard InChI is InChI=1S/C17H27NO/c1-12(2)17(19-4)16(18-3)15-10-6-9-14(11-15)13-7-5-8-13/h6,9-13,16-18H,5,7-8H2,1-4H3. The van der Waals surface area contributed by atoms with Crippen molar-refractivity contribution in [1.29, 1.82) is 0 Å². The van der Waals surface area contributed by atoms with E-state index < -0.39 is 0 Å². The molecule has 2 unspecified atom stereocenters. The number of rotatable bonds is 6. The lowest BCUT2D eigenvalue weighted by atomic mass is 9.79. The zero-order chi connectivity index (χ0) is 13.8. The molecule has 0 spiro atoms. The summed E-state index contributed by atoms with van der Waals surface area (Å²) in [4.78, 5) is 0. The average Bonchev–Trinajstić information content (AvgIpc) is 2.33. The largest absolute Gasteiger partial charge is 0.379 e. The van der Waals surface area contributed by atoms with E-state index in [0.717, 1.165) is 5.92 Å². The zero-order valence-electron chi connectivity index (χ0n) is 12.6. The summed E-state index contributed by atoms with van der Waals surface area (Å²) in [6.45, 7) is 4.43. The van der Waals surface area contributed by atoms with Crippen LogP contribution in [0, 0.1) is 5.92 Å². The summed E-state index contributed by atoms with van der Waals surface area (Å²) in [7, 11) is 3.83. The van der Waals surface area contributed by atoms with Crippen molar-refractivity contribution >= 4 is 0 Å². The Morgan fingerprint density at radius 2 is 2.00 bits per heavy atom. The number of hydrogen-bond acceptors (Lipinski definition) is 2. The van der Waals surface area contributed by atoms with Crippen LogP contribution < -0.4 is 5.32 Å². The third kappa shape index (κ3) is 3.18. The van der Waals surface area contributed by atoms with Gasteiger partial charge in [-0.15, -0.1) is 0 Å². The van der Waals surface area contributed by atoms with E-state index in [1.54, 1.807) is 0 Å². The topological polar surface area (TPSA) is 21.3 Å². The minimum Gasteiger partial charge on any atom is -0.379 e. The van der Waals surface area contributed by atoms with Crippen molar-refractivity contribution in [1.82, 2.24) is 5.32 Å². The highest BCUT2D eigenvalue weighted by molar-refractivity contribution is 5.30. The van der Waals surface area contributed by atoms with E-state index in [-0.39, 0.29) is 12.1 Å². The zero-order valence-corrected chi connectivity index (χ0v) is 12.6. The third-order valence-corrected chi connectivity index (χ3v) is 4.42. The molecular weight excluding hydrogens is 234 g/mol. The molecule has 106 valence electrons. The van der Waals surface area contributed by atoms with E-state index in [2.05, 4.69) is 43.4 Å². The summed E-state index contributed by atoms with van der Waals surface area (Å²) in [6.07, 6.45) is 4.30. The smallest absolute Gasteiger partial charge is 0.0788 e. The number of hydrogen-bond donors (Lipinski definition) is 1. The first kappa shape index (κ1) is 14.5. The molecule has 2 rings (SSSR count). The van der Waals surface area contributed by atoms with Crippen LogP contribution in [0.4, 0.5) is 0 Å². The highest BCUT2D eigenvalue weighted by Crippen LogP contribution is 2.37. The molecule has 0 aromatic heterocycles. The highest BCUT2D eigenvalue weighted by Gasteiger charge is 2.26. The van der Waals surface area contributed by atoms with Gasteiger partial charge in [-0.25, -0.2) is 0 Å². The van der Waals surface area contributed by atoms with Gasteiger partial charge in [0.2, 0.25) is 0 Å². The lowest BCUT2D eigenvalue weighted by molar-refractivity contribution is 0.0348. The van der Waals surface area contributed by atoms with Crippen LogP contribution >= 0.6 is 0 Å². The number of likely N-dealkylation sites (N-methyl/N-ethyl adjacent to an activating group) is 1. The van der Waals surface area contributed by atoms with Gasteiger partial charge in [-0.05, 0) is 42.9 Å². The van der Waals surface area contributed by atoms with Crippen LogP contribution in [-0.2, 0) is 4.74 Å². The number of nitrogens with one attached hydrogen (secondary N) is 1. The fraction of sp³-hybridized carbons (Fsp3) is 0.647. The molecule has 0 radical (unpaired) electrons. The number of benzene rings is 1. The summed E-state index contributed by atoms with van der Waals surface area (Å²) in [5.74, 6) is 1.28. The predicted octanol–water partition coefficient (Wildman–Crippen LogP) is 3.89. The van der Waals surface area contributed by atoms with Crippen molar-refractivity contribution in [3.8, 4) is 0 Å². The van der Waals surface area contributed by atoms with Crippen molar-refractivity contribution in [2.75, 3.05) is 14.2 Å². The van der Waals surface area contributed by atoms with Crippen molar-refractivity contribution in [3.05, 3.63) is 35.4 Å². The van der Waals surface area contributed by atoms with E-state index >= 15 is 0 Å². The number of ether oxygens (including phenoxy) is 1. The number of methoxy groups -OCH3 is 1. The molecule has 1 aliphatic carbocycles. The van der Waals surface area contributed by atoms with E-state index in [9.17, 15) is 0 Å². The molecule has 0 heterocycles. The summed E-state index contributed by atoms with van der Waals surface area (Å²) >= 11 is 0. The van der Waals surface area contributed by atoms with Gasteiger partial charge in [0.05, 0.1) is 12.1 Å². The van der Waals surface area contributed by atoms with Crippen LogP contribution in [0.1, 0.15) is 56.2 Å². The maximum atomic E-state index is 5.70.